The Labute approximate surface area is 86.8 Å². The van der Waals surface area contributed by atoms with Gasteiger partial charge in [-0.1, -0.05) is 13.8 Å². The molecule has 1 aliphatic carbocycles. The maximum Gasteiger partial charge on any atom is 0.0897 e. The smallest absolute Gasteiger partial charge is 0.0897 e. The average molecular weight is 201 g/mol. The van der Waals surface area contributed by atoms with Crippen molar-refractivity contribution in [2.75, 3.05) is 19.8 Å². The molecule has 84 valence electrons. The van der Waals surface area contributed by atoms with Crippen LogP contribution >= 0.6 is 0 Å². The molecule has 1 rings (SSSR count). The minimum absolute atomic E-state index is 0.345. The van der Waals surface area contributed by atoms with Gasteiger partial charge in [0.05, 0.1) is 12.7 Å². The second-order valence-corrected chi connectivity index (χ2v) is 4.59. The molecule has 1 unspecified atom stereocenters. The van der Waals surface area contributed by atoms with E-state index in [2.05, 4.69) is 19.2 Å². The van der Waals surface area contributed by atoms with E-state index in [9.17, 15) is 5.11 Å². The normalized spacial score (nSPS) is 18.9. The predicted molar refractivity (Wildman–Crippen MR) is 57.3 cm³/mol. The van der Waals surface area contributed by atoms with Crippen molar-refractivity contribution in [2.24, 2.45) is 5.92 Å². The average Bonchev–Trinajstić information content (AvgIpc) is 2.92. The van der Waals surface area contributed by atoms with Crippen LogP contribution in [0.5, 0.6) is 0 Å². The molecule has 0 aromatic heterocycles. The molecule has 0 aromatic rings. The Morgan fingerprint density at radius 1 is 1.43 bits per heavy atom. The maximum absolute atomic E-state index is 9.50. The molecule has 0 spiro atoms. The lowest BCUT2D eigenvalue weighted by atomic mass is 10.1. The van der Waals surface area contributed by atoms with Gasteiger partial charge in [-0.15, -0.1) is 0 Å². The summed E-state index contributed by atoms with van der Waals surface area (Å²) in [5.41, 5.74) is 0. The molecule has 0 amide bonds. The number of hydrogen-bond acceptors (Lipinski definition) is 3. The van der Waals surface area contributed by atoms with Gasteiger partial charge < -0.3 is 15.2 Å². The third-order valence-electron chi connectivity index (χ3n) is 2.37. The molecule has 1 fully saturated rings. The molecule has 0 heterocycles. The Bertz CT molecular complexity index is 146. The van der Waals surface area contributed by atoms with Gasteiger partial charge in [0, 0.05) is 19.2 Å². The lowest BCUT2D eigenvalue weighted by Crippen LogP contribution is -2.31. The monoisotopic (exact) mass is 201 g/mol. The molecular weight excluding hydrogens is 178 g/mol. The number of ether oxygens (including phenoxy) is 1. The Balaban J connectivity index is 1.83. The first kappa shape index (κ1) is 12.0. The molecule has 0 aliphatic heterocycles. The van der Waals surface area contributed by atoms with Crippen LogP contribution in [0.3, 0.4) is 0 Å². The summed E-state index contributed by atoms with van der Waals surface area (Å²) in [6.45, 7) is 6.25. The van der Waals surface area contributed by atoms with Gasteiger partial charge in [0.2, 0.25) is 0 Å². The molecule has 1 saturated carbocycles. The van der Waals surface area contributed by atoms with Crippen molar-refractivity contribution >= 4 is 0 Å². The predicted octanol–water partition coefficient (Wildman–Crippen LogP) is 1.16. The van der Waals surface area contributed by atoms with Crippen molar-refractivity contribution in [3.8, 4) is 0 Å². The Kier molecular flexibility index (Phi) is 5.45. The van der Waals surface area contributed by atoms with E-state index in [4.69, 9.17) is 4.74 Å². The molecule has 3 heteroatoms. The molecule has 1 aliphatic rings. The molecule has 1 atom stereocenters. The quantitative estimate of drug-likeness (QED) is 0.579. The zero-order chi connectivity index (χ0) is 10.4. The van der Waals surface area contributed by atoms with Crippen LogP contribution < -0.4 is 5.32 Å². The van der Waals surface area contributed by atoms with Crippen molar-refractivity contribution in [2.45, 2.75) is 45.3 Å². The summed E-state index contributed by atoms with van der Waals surface area (Å²) in [6, 6.07) is 0.667. The Hall–Kier alpha value is -0.120. The van der Waals surface area contributed by atoms with E-state index in [1.165, 1.54) is 12.8 Å². The largest absolute Gasteiger partial charge is 0.389 e. The fourth-order valence-electron chi connectivity index (χ4n) is 1.19. The standard InChI is InChI=1S/C11H23NO2/c1-9(2)5-6-14-8-11(13)7-12-10-3-4-10/h9-13H,3-8H2,1-2H3. The second kappa shape index (κ2) is 6.38. The lowest BCUT2D eigenvalue weighted by Gasteiger charge is -2.12. The number of nitrogens with one attached hydrogen (secondary N) is 1. The van der Waals surface area contributed by atoms with Gasteiger partial charge in [0.25, 0.3) is 0 Å². The third-order valence-corrected chi connectivity index (χ3v) is 2.37. The van der Waals surface area contributed by atoms with Gasteiger partial charge in [-0.2, -0.15) is 0 Å². The minimum Gasteiger partial charge on any atom is -0.389 e. The summed E-state index contributed by atoms with van der Waals surface area (Å²) >= 11 is 0. The maximum atomic E-state index is 9.50. The van der Waals surface area contributed by atoms with E-state index in [1.54, 1.807) is 0 Å². The minimum atomic E-state index is -0.345. The molecule has 3 nitrogen and oxygen atoms in total. The summed E-state index contributed by atoms with van der Waals surface area (Å²) < 4.78 is 5.37. The highest BCUT2D eigenvalue weighted by Crippen LogP contribution is 2.18. The zero-order valence-corrected chi connectivity index (χ0v) is 9.33. The molecule has 0 bridgehead atoms. The van der Waals surface area contributed by atoms with E-state index in [-0.39, 0.29) is 6.10 Å². The Morgan fingerprint density at radius 2 is 2.14 bits per heavy atom. The molecule has 14 heavy (non-hydrogen) atoms. The zero-order valence-electron chi connectivity index (χ0n) is 9.33. The first-order valence-corrected chi connectivity index (χ1v) is 5.67. The van der Waals surface area contributed by atoms with E-state index in [1.807, 2.05) is 0 Å². The van der Waals surface area contributed by atoms with E-state index in [0.717, 1.165) is 13.0 Å². The van der Waals surface area contributed by atoms with E-state index < -0.39 is 0 Å². The van der Waals surface area contributed by atoms with Crippen molar-refractivity contribution in [3.63, 3.8) is 0 Å². The Morgan fingerprint density at radius 3 is 2.71 bits per heavy atom. The van der Waals surface area contributed by atoms with Gasteiger partial charge in [-0.3, -0.25) is 0 Å². The topological polar surface area (TPSA) is 41.5 Å². The third kappa shape index (κ3) is 6.35. The molecule has 0 radical (unpaired) electrons. The van der Waals surface area contributed by atoms with Crippen LogP contribution in [0.4, 0.5) is 0 Å². The van der Waals surface area contributed by atoms with Crippen LogP contribution in [0.25, 0.3) is 0 Å². The van der Waals surface area contributed by atoms with Crippen LogP contribution in [0, 0.1) is 5.92 Å². The first-order valence-electron chi connectivity index (χ1n) is 5.67. The summed E-state index contributed by atoms with van der Waals surface area (Å²) in [5.74, 6) is 0.678. The molecular formula is C11H23NO2. The van der Waals surface area contributed by atoms with E-state index >= 15 is 0 Å². The summed E-state index contributed by atoms with van der Waals surface area (Å²) in [6.07, 6.45) is 3.26. The van der Waals surface area contributed by atoms with Crippen LogP contribution in [0.2, 0.25) is 0 Å². The molecule has 0 saturated heterocycles. The van der Waals surface area contributed by atoms with Crippen molar-refractivity contribution in [1.82, 2.24) is 5.32 Å². The SMILES string of the molecule is CC(C)CCOCC(O)CNC1CC1. The van der Waals surface area contributed by atoms with Crippen LogP contribution in [-0.2, 0) is 4.74 Å². The summed E-state index contributed by atoms with van der Waals surface area (Å²) in [4.78, 5) is 0. The van der Waals surface area contributed by atoms with Crippen LogP contribution in [0.15, 0.2) is 0 Å². The van der Waals surface area contributed by atoms with Crippen molar-refractivity contribution in [1.29, 1.82) is 0 Å². The van der Waals surface area contributed by atoms with Crippen molar-refractivity contribution < 1.29 is 9.84 Å². The van der Waals surface area contributed by atoms with E-state index in [0.29, 0.717) is 25.1 Å². The fraction of sp³-hybridized carbons (Fsp3) is 1.00. The van der Waals surface area contributed by atoms with Crippen LogP contribution in [-0.4, -0.2) is 37.0 Å². The van der Waals surface area contributed by atoms with Gasteiger partial charge in [-0.25, -0.2) is 0 Å². The van der Waals surface area contributed by atoms with Gasteiger partial charge in [0.15, 0.2) is 0 Å². The summed E-state index contributed by atoms with van der Waals surface area (Å²) in [7, 11) is 0. The van der Waals surface area contributed by atoms with Crippen LogP contribution in [0.1, 0.15) is 33.1 Å². The highest BCUT2D eigenvalue weighted by atomic mass is 16.5. The molecule has 0 aromatic carbocycles. The van der Waals surface area contributed by atoms with Gasteiger partial charge >= 0.3 is 0 Å². The number of aliphatic hydroxyl groups excluding tert-OH is 1. The second-order valence-electron chi connectivity index (χ2n) is 4.59. The lowest BCUT2D eigenvalue weighted by molar-refractivity contribution is 0.0328. The highest BCUT2D eigenvalue weighted by molar-refractivity contribution is 4.81. The highest BCUT2D eigenvalue weighted by Gasteiger charge is 2.21. The number of hydrogen-bond donors (Lipinski definition) is 2. The van der Waals surface area contributed by atoms with Gasteiger partial charge in [-0.05, 0) is 25.2 Å². The van der Waals surface area contributed by atoms with Crippen molar-refractivity contribution in [3.05, 3.63) is 0 Å². The summed E-state index contributed by atoms with van der Waals surface area (Å²) in [5, 5.41) is 12.8. The molecule has 2 N–H and O–H groups in total. The van der Waals surface area contributed by atoms with Gasteiger partial charge in [0.1, 0.15) is 0 Å². The first-order chi connectivity index (χ1) is 6.68. The fourth-order valence-corrected chi connectivity index (χ4v) is 1.19. The number of aliphatic hydroxyl groups is 1. The number of rotatable bonds is 8.